The number of nitrogens with zero attached hydrogens (tertiary/aromatic N) is 3. The maximum atomic E-state index is 4.21. The number of anilines is 3. The first-order chi connectivity index (χ1) is 23.1. The molecule has 0 fully saturated rings. The summed E-state index contributed by atoms with van der Waals surface area (Å²) in [4.78, 5) is 6.62. The maximum absolute atomic E-state index is 4.21. The first kappa shape index (κ1) is 27.4. The lowest BCUT2D eigenvalue weighted by Gasteiger charge is -2.28. The number of fused-ring (bicyclic) bond motifs is 6. The average Bonchev–Trinajstić information content (AvgIpc) is 3.58. The molecular formula is C44H33N3. The van der Waals surface area contributed by atoms with Crippen LogP contribution in [-0.2, 0) is 5.41 Å². The van der Waals surface area contributed by atoms with E-state index in [0.717, 1.165) is 28.3 Å². The molecule has 3 heteroatoms. The van der Waals surface area contributed by atoms with Crippen LogP contribution >= 0.6 is 0 Å². The van der Waals surface area contributed by atoms with Crippen LogP contribution in [0.25, 0.3) is 49.7 Å². The summed E-state index contributed by atoms with van der Waals surface area (Å²) in [5, 5.41) is 2.47. The van der Waals surface area contributed by atoms with Crippen molar-refractivity contribution in [2.24, 2.45) is 0 Å². The number of aromatic nitrogens is 2. The standard InChI is InChI=1S/C44H33N3/c1-44(2)40-14-8-6-12-36(40)37-22-20-35(29-41(37)44)46(33-18-16-30(17-19-33)31-24-26-45-27-25-31)34-21-23-43-39(28-34)38-13-7-9-15-42(38)47(43)32-10-4-3-5-11-32/h3-29H,1-2H3. The first-order valence-corrected chi connectivity index (χ1v) is 16.2. The second-order valence-electron chi connectivity index (χ2n) is 12.9. The van der Waals surface area contributed by atoms with E-state index in [2.05, 4.69) is 180 Å². The van der Waals surface area contributed by atoms with Crippen molar-refractivity contribution >= 4 is 38.9 Å². The summed E-state index contributed by atoms with van der Waals surface area (Å²) in [6, 6.07) is 55.2. The summed E-state index contributed by atoms with van der Waals surface area (Å²) in [7, 11) is 0. The van der Waals surface area contributed by atoms with E-state index in [1.807, 2.05) is 12.4 Å². The van der Waals surface area contributed by atoms with Crippen LogP contribution in [0.2, 0.25) is 0 Å². The smallest absolute Gasteiger partial charge is 0.0542 e. The molecule has 2 heterocycles. The third kappa shape index (κ3) is 4.31. The number of para-hydroxylation sites is 2. The van der Waals surface area contributed by atoms with E-state index < -0.39 is 0 Å². The Hall–Kier alpha value is -5.93. The molecule has 9 rings (SSSR count). The summed E-state index contributed by atoms with van der Waals surface area (Å²) < 4.78 is 2.37. The Bertz CT molecular complexity index is 2420. The van der Waals surface area contributed by atoms with Crippen LogP contribution in [-0.4, -0.2) is 9.55 Å². The summed E-state index contributed by atoms with van der Waals surface area (Å²) in [5.41, 5.74) is 14.6. The van der Waals surface area contributed by atoms with E-state index in [4.69, 9.17) is 0 Å². The monoisotopic (exact) mass is 603 g/mol. The molecule has 0 atom stereocenters. The lowest BCUT2D eigenvalue weighted by molar-refractivity contribution is 0.660. The minimum absolute atomic E-state index is 0.0914. The zero-order valence-corrected chi connectivity index (χ0v) is 26.4. The highest BCUT2D eigenvalue weighted by atomic mass is 15.1. The number of pyridine rings is 1. The van der Waals surface area contributed by atoms with Gasteiger partial charge >= 0.3 is 0 Å². The van der Waals surface area contributed by atoms with Gasteiger partial charge in [0, 0.05) is 51.3 Å². The van der Waals surface area contributed by atoms with Crippen LogP contribution < -0.4 is 4.90 Å². The van der Waals surface area contributed by atoms with E-state index in [0.29, 0.717) is 0 Å². The fourth-order valence-electron chi connectivity index (χ4n) is 7.58. The molecule has 3 nitrogen and oxygen atoms in total. The molecule has 224 valence electrons. The van der Waals surface area contributed by atoms with Gasteiger partial charge in [0.2, 0.25) is 0 Å². The molecule has 1 aliphatic rings. The first-order valence-electron chi connectivity index (χ1n) is 16.2. The molecule has 0 saturated heterocycles. The highest BCUT2D eigenvalue weighted by molar-refractivity contribution is 6.10. The lowest BCUT2D eigenvalue weighted by atomic mass is 9.82. The van der Waals surface area contributed by atoms with Crippen LogP contribution in [0, 0.1) is 0 Å². The fraction of sp³-hybridized carbons (Fsp3) is 0.0682. The van der Waals surface area contributed by atoms with Gasteiger partial charge in [0.05, 0.1) is 11.0 Å². The van der Waals surface area contributed by atoms with Gasteiger partial charge in [-0.1, -0.05) is 92.7 Å². The minimum Gasteiger partial charge on any atom is -0.310 e. The molecular weight excluding hydrogens is 571 g/mol. The zero-order valence-electron chi connectivity index (χ0n) is 26.4. The molecule has 0 N–H and O–H groups in total. The molecule has 0 aliphatic heterocycles. The van der Waals surface area contributed by atoms with Crippen molar-refractivity contribution in [3.63, 3.8) is 0 Å². The molecule has 0 bridgehead atoms. The molecule has 0 radical (unpaired) electrons. The maximum Gasteiger partial charge on any atom is 0.0542 e. The molecule has 6 aromatic carbocycles. The molecule has 0 saturated carbocycles. The second-order valence-corrected chi connectivity index (χ2v) is 12.9. The van der Waals surface area contributed by atoms with Gasteiger partial charge in [-0.05, 0) is 106 Å². The third-order valence-corrected chi connectivity index (χ3v) is 9.89. The van der Waals surface area contributed by atoms with E-state index in [1.165, 1.54) is 49.6 Å². The summed E-state index contributed by atoms with van der Waals surface area (Å²) >= 11 is 0. The van der Waals surface area contributed by atoms with Gasteiger partial charge < -0.3 is 9.47 Å². The predicted octanol–water partition coefficient (Wildman–Crippen LogP) is 11.6. The molecule has 0 amide bonds. The van der Waals surface area contributed by atoms with Gasteiger partial charge in [0.25, 0.3) is 0 Å². The van der Waals surface area contributed by atoms with Crippen molar-refractivity contribution in [2.75, 3.05) is 4.90 Å². The number of rotatable bonds is 5. The third-order valence-electron chi connectivity index (χ3n) is 9.89. The zero-order chi connectivity index (χ0) is 31.5. The predicted molar refractivity (Wildman–Crippen MR) is 196 cm³/mol. The van der Waals surface area contributed by atoms with Gasteiger partial charge in [-0.25, -0.2) is 0 Å². The molecule has 0 spiro atoms. The number of benzene rings is 6. The minimum atomic E-state index is -0.0914. The van der Waals surface area contributed by atoms with Crippen molar-refractivity contribution in [1.29, 1.82) is 0 Å². The van der Waals surface area contributed by atoms with Crippen molar-refractivity contribution < 1.29 is 0 Å². The molecule has 1 aliphatic carbocycles. The lowest BCUT2D eigenvalue weighted by Crippen LogP contribution is -2.16. The van der Waals surface area contributed by atoms with Gasteiger partial charge in [0.1, 0.15) is 0 Å². The van der Waals surface area contributed by atoms with E-state index in [-0.39, 0.29) is 5.41 Å². The fourth-order valence-corrected chi connectivity index (χ4v) is 7.58. The summed E-state index contributed by atoms with van der Waals surface area (Å²) in [6.45, 7) is 4.69. The summed E-state index contributed by atoms with van der Waals surface area (Å²) in [6.07, 6.45) is 3.70. The Kier molecular flexibility index (Phi) is 6.16. The van der Waals surface area contributed by atoms with Crippen molar-refractivity contribution in [3.8, 4) is 27.9 Å². The van der Waals surface area contributed by atoms with Crippen LogP contribution in [0.4, 0.5) is 17.1 Å². The molecule has 2 aromatic heterocycles. The molecule has 0 unspecified atom stereocenters. The second kappa shape index (κ2) is 10.6. The van der Waals surface area contributed by atoms with Crippen molar-refractivity contribution in [1.82, 2.24) is 9.55 Å². The van der Waals surface area contributed by atoms with E-state index in [1.54, 1.807) is 0 Å². The SMILES string of the molecule is CC1(C)c2ccccc2-c2ccc(N(c3ccc(-c4ccncc4)cc3)c3ccc4c(c3)c3ccccc3n4-c3ccccc3)cc21. The largest absolute Gasteiger partial charge is 0.310 e. The van der Waals surface area contributed by atoms with E-state index in [9.17, 15) is 0 Å². The van der Waals surface area contributed by atoms with Gasteiger partial charge in [-0.2, -0.15) is 0 Å². The Balaban J connectivity index is 1.25. The highest BCUT2D eigenvalue weighted by Gasteiger charge is 2.35. The van der Waals surface area contributed by atoms with Gasteiger partial charge in [-0.15, -0.1) is 0 Å². The van der Waals surface area contributed by atoms with Crippen LogP contribution in [0.15, 0.2) is 164 Å². The Morgan fingerprint density at radius 2 is 1.11 bits per heavy atom. The summed E-state index contributed by atoms with van der Waals surface area (Å²) in [5.74, 6) is 0. The Labute approximate surface area is 275 Å². The topological polar surface area (TPSA) is 21.1 Å². The average molecular weight is 604 g/mol. The Morgan fingerprint density at radius 1 is 0.489 bits per heavy atom. The Morgan fingerprint density at radius 3 is 1.94 bits per heavy atom. The van der Waals surface area contributed by atoms with Crippen molar-refractivity contribution in [3.05, 3.63) is 175 Å². The van der Waals surface area contributed by atoms with Crippen molar-refractivity contribution in [2.45, 2.75) is 19.3 Å². The number of hydrogen-bond donors (Lipinski definition) is 0. The van der Waals surface area contributed by atoms with Crippen LogP contribution in [0.5, 0.6) is 0 Å². The van der Waals surface area contributed by atoms with Gasteiger partial charge in [0.15, 0.2) is 0 Å². The highest BCUT2D eigenvalue weighted by Crippen LogP contribution is 2.51. The van der Waals surface area contributed by atoms with Crippen LogP contribution in [0.3, 0.4) is 0 Å². The normalized spacial score (nSPS) is 13.1. The molecule has 47 heavy (non-hydrogen) atoms. The number of hydrogen-bond acceptors (Lipinski definition) is 2. The van der Waals surface area contributed by atoms with Crippen LogP contribution in [0.1, 0.15) is 25.0 Å². The van der Waals surface area contributed by atoms with E-state index >= 15 is 0 Å². The van der Waals surface area contributed by atoms with Gasteiger partial charge in [-0.3, -0.25) is 4.98 Å². The molecule has 8 aromatic rings. The quantitative estimate of drug-likeness (QED) is 0.195.